The minimum atomic E-state index is 0.575. The van der Waals surface area contributed by atoms with Crippen LogP contribution in [0.25, 0.3) is 0 Å². The molecule has 6 nitrogen and oxygen atoms in total. The Kier molecular flexibility index (Phi) is 7.57. The van der Waals surface area contributed by atoms with Crippen molar-refractivity contribution in [3.8, 4) is 11.5 Å². The lowest BCUT2D eigenvalue weighted by Gasteiger charge is -2.28. The Morgan fingerprint density at radius 3 is 2.42 bits per heavy atom. The lowest BCUT2D eigenvalue weighted by molar-refractivity contribution is 0.262. The van der Waals surface area contributed by atoms with E-state index in [0.29, 0.717) is 6.04 Å². The second kappa shape index (κ2) is 9.67. The number of likely N-dealkylation sites (N-methyl/N-ethyl adjacent to an activating group) is 2. The molecule has 0 amide bonds. The highest BCUT2D eigenvalue weighted by Crippen LogP contribution is 2.34. The maximum absolute atomic E-state index is 5.39. The van der Waals surface area contributed by atoms with E-state index in [0.717, 1.165) is 42.9 Å². The number of guanidine groups is 1. The molecule has 1 saturated carbocycles. The van der Waals surface area contributed by atoms with Crippen LogP contribution in [0.1, 0.15) is 18.4 Å². The summed E-state index contributed by atoms with van der Waals surface area (Å²) in [6.45, 7) is 1.82. The zero-order chi connectivity index (χ0) is 19.1. The van der Waals surface area contributed by atoms with Gasteiger partial charge in [0, 0.05) is 33.2 Å². The lowest BCUT2D eigenvalue weighted by atomic mass is 10.1. The van der Waals surface area contributed by atoms with E-state index in [1.807, 2.05) is 19.2 Å². The molecule has 1 aromatic rings. The maximum atomic E-state index is 5.39. The lowest BCUT2D eigenvalue weighted by Crippen LogP contribution is -2.47. The van der Waals surface area contributed by atoms with Crippen LogP contribution in [0.15, 0.2) is 23.2 Å². The van der Waals surface area contributed by atoms with Crippen LogP contribution < -0.4 is 14.8 Å². The summed E-state index contributed by atoms with van der Waals surface area (Å²) >= 11 is 0. The van der Waals surface area contributed by atoms with E-state index in [-0.39, 0.29) is 0 Å². The van der Waals surface area contributed by atoms with Gasteiger partial charge < -0.3 is 24.6 Å². The van der Waals surface area contributed by atoms with Crippen molar-refractivity contribution in [3.05, 3.63) is 23.8 Å². The standard InChI is InChI=1S/C20H34N4O2/c1-21-20(22-14-17(23(2)3)16-8-9-16)24(4)12-11-15-7-10-18(25-5)19(13-15)26-6/h7,10,13,16-17H,8-9,11-12,14H2,1-6H3,(H,21,22). The third kappa shape index (κ3) is 5.53. The van der Waals surface area contributed by atoms with Crippen molar-refractivity contribution in [2.24, 2.45) is 10.9 Å². The zero-order valence-corrected chi connectivity index (χ0v) is 17.1. The molecule has 0 aromatic heterocycles. The quantitative estimate of drug-likeness (QED) is 0.538. The number of hydrogen-bond acceptors (Lipinski definition) is 4. The van der Waals surface area contributed by atoms with E-state index >= 15 is 0 Å². The van der Waals surface area contributed by atoms with Crippen molar-refractivity contribution in [1.82, 2.24) is 15.1 Å². The average Bonchev–Trinajstić information content (AvgIpc) is 3.47. The number of nitrogens with one attached hydrogen (secondary N) is 1. The van der Waals surface area contributed by atoms with Gasteiger partial charge in [0.1, 0.15) is 0 Å². The topological polar surface area (TPSA) is 49.3 Å². The summed E-state index contributed by atoms with van der Waals surface area (Å²) in [6, 6.07) is 6.66. The van der Waals surface area contributed by atoms with Gasteiger partial charge in [-0.3, -0.25) is 4.99 Å². The number of methoxy groups -OCH3 is 2. The molecule has 6 heteroatoms. The minimum Gasteiger partial charge on any atom is -0.493 e. The Hall–Kier alpha value is -1.95. The largest absolute Gasteiger partial charge is 0.493 e. The number of benzene rings is 1. The minimum absolute atomic E-state index is 0.575. The van der Waals surface area contributed by atoms with Gasteiger partial charge in [-0.25, -0.2) is 0 Å². The predicted octanol–water partition coefficient (Wildman–Crippen LogP) is 2.09. The number of hydrogen-bond donors (Lipinski definition) is 1. The molecule has 1 unspecified atom stereocenters. The first-order valence-corrected chi connectivity index (χ1v) is 9.29. The van der Waals surface area contributed by atoms with Crippen LogP contribution in [-0.4, -0.2) is 77.3 Å². The van der Waals surface area contributed by atoms with Gasteiger partial charge in [0.15, 0.2) is 17.5 Å². The van der Waals surface area contributed by atoms with E-state index in [9.17, 15) is 0 Å². The first kappa shape index (κ1) is 20.4. The number of aliphatic imine (C=N–C) groups is 1. The Bertz CT molecular complexity index is 597. The highest BCUT2D eigenvalue weighted by Gasteiger charge is 2.32. The van der Waals surface area contributed by atoms with Crippen LogP contribution in [0, 0.1) is 5.92 Å². The van der Waals surface area contributed by atoms with Crippen LogP contribution in [0.4, 0.5) is 0 Å². The summed E-state index contributed by atoms with van der Waals surface area (Å²) in [4.78, 5) is 8.94. The van der Waals surface area contributed by atoms with Crippen molar-refractivity contribution in [2.45, 2.75) is 25.3 Å². The molecular weight excluding hydrogens is 328 g/mol. The van der Waals surface area contributed by atoms with Crippen molar-refractivity contribution in [2.75, 3.05) is 55.5 Å². The van der Waals surface area contributed by atoms with E-state index in [1.165, 1.54) is 18.4 Å². The van der Waals surface area contributed by atoms with Gasteiger partial charge in [0.2, 0.25) is 0 Å². The van der Waals surface area contributed by atoms with Crippen LogP contribution >= 0.6 is 0 Å². The molecule has 0 radical (unpaired) electrons. The molecule has 26 heavy (non-hydrogen) atoms. The van der Waals surface area contributed by atoms with Crippen molar-refractivity contribution >= 4 is 5.96 Å². The molecule has 0 aliphatic heterocycles. The Balaban J connectivity index is 1.87. The van der Waals surface area contributed by atoms with E-state index in [4.69, 9.17) is 9.47 Å². The van der Waals surface area contributed by atoms with Gasteiger partial charge in [-0.05, 0) is 57.0 Å². The molecule has 1 fully saturated rings. The van der Waals surface area contributed by atoms with Gasteiger partial charge in [-0.15, -0.1) is 0 Å². The average molecular weight is 363 g/mol. The van der Waals surface area contributed by atoms with Crippen LogP contribution in [0.3, 0.4) is 0 Å². The second-order valence-electron chi connectivity index (χ2n) is 7.16. The number of ether oxygens (including phenoxy) is 2. The second-order valence-corrected chi connectivity index (χ2v) is 7.16. The zero-order valence-electron chi connectivity index (χ0n) is 17.1. The van der Waals surface area contributed by atoms with E-state index in [1.54, 1.807) is 14.2 Å². The van der Waals surface area contributed by atoms with Gasteiger partial charge >= 0.3 is 0 Å². The van der Waals surface area contributed by atoms with E-state index in [2.05, 4.69) is 47.3 Å². The highest BCUT2D eigenvalue weighted by atomic mass is 16.5. The summed E-state index contributed by atoms with van der Waals surface area (Å²) in [5, 5.41) is 3.54. The normalized spacial score (nSPS) is 15.7. The number of nitrogens with zero attached hydrogens (tertiary/aromatic N) is 3. The first-order valence-electron chi connectivity index (χ1n) is 9.29. The Morgan fingerprint density at radius 1 is 1.19 bits per heavy atom. The fourth-order valence-electron chi connectivity index (χ4n) is 3.27. The molecule has 1 aromatic carbocycles. The molecule has 1 N–H and O–H groups in total. The highest BCUT2D eigenvalue weighted by molar-refractivity contribution is 5.79. The summed E-state index contributed by atoms with van der Waals surface area (Å²) in [6.07, 6.45) is 3.60. The summed E-state index contributed by atoms with van der Waals surface area (Å²) in [5.41, 5.74) is 1.22. The first-order chi connectivity index (χ1) is 12.5. The van der Waals surface area contributed by atoms with Gasteiger partial charge in [-0.2, -0.15) is 0 Å². The van der Waals surface area contributed by atoms with Crippen molar-refractivity contribution in [3.63, 3.8) is 0 Å². The summed E-state index contributed by atoms with van der Waals surface area (Å²) in [7, 11) is 11.6. The van der Waals surface area contributed by atoms with Crippen molar-refractivity contribution in [1.29, 1.82) is 0 Å². The monoisotopic (exact) mass is 362 g/mol. The van der Waals surface area contributed by atoms with Gasteiger partial charge in [0.25, 0.3) is 0 Å². The fourth-order valence-corrected chi connectivity index (χ4v) is 3.27. The third-order valence-corrected chi connectivity index (χ3v) is 5.06. The summed E-state index contributed by atoms with van der Waals surface area (Å²) < 4.78 is 10.7. The number of rotatable bonds is 9. The molecule has 2 rings (SSSR count). The van der Waals surface area contributed by atoms with E-state index < -0.39 is 0 Å². The fraction of sp³-hybridized carbons (Fsp3) is 0.650. The smallest absolute Gasteiger partial charge is 0.193 e. The van der Waals surface area contributed by atoms with Gasteiger partial charge in [0.05, 0.1) is 14.2 Å². The Morgan fingerprint density at radius 2 is 1.88 bits per heavy atom. The van der Waals surface area contributed by atoms with Crippen LogP contribution in [0.2, 0.25) is 0 Å². The van der Waals surface area contributed by atoms with Gasteiger partial charge in [-0.1, -0.05) is 6.07 Å². The Labute approximate surface area is 158 Å². The molecule has 146 valence electrons. The molecule has 1 atom stereocenters. The van der Waals surface area contributed by atoms with Crippen LogP contribution in [0.5, 0.6) is 11.5 Å². The van der Waals surface area contributed by atoms with Crippen molar-refractivity contribution < 1.29 is 9.47 Å². The molecule has 1 aliphatic carbocycles. The summed E-state index contributed by atoms with van der Waals surface area (Å²) in [5.74, 6) is 3.30. The molecule has 0 bridgehead atoms. The molecule has 1 aliphatic rings. The molecule has 0 spiro atoms. The molecule has 0 heterocycles. The maximum Gasteiger partial charge on any atom is 0.193 e. The third-order valence-electron chi connectivity index (χ3n) is 5.06. The molecular formula is C20H34N4O2. The van der Waals surface area contributed by atoms with Crippen LogP contribution in [-0.2, 0) is 6.42 Å². The predicted molar refractivity (Wildman–Crippen MR) is 107 cm³/mol. The molecule has 0 saturated heterocycles. The SMILES string of the molecule is CN=C(NCC(C1CC1)N(C)C)N(C)CCc1ccc(OC)c(OC)c1.